The van der Waals surface area contributed by atoms with E-state index in [-0.39, 0.29) is 17.7 Å². The number of rotatable bonds is 5. The van der Waals surface area contributed by atoms with Gasteiger partial charge in [-0.25, -0.2) is 0 Å². The minimum Gasteiger partial charge on any atom is -0.384 e. The van der Waals surface area contributed by atoms with Crippen molar-refractivity contribution in [3.63, 3.8) is 0 Å². The van der Waals surface area contributed by atoms with E-state index in [1.54, 1.807) is 48.6 Å². The zero-order chi connectivity index (χ0) is 16.9. The molecule has 0 bridgehead atoms. The molecule has 1 fully saturated rings. The second-order valence-electron chi connectivity index (χ2n) is 5.86. The molecular weight excluding hydrogens is 302 g/mol. The molecule has 122 valence electrons. The average molecular weight is 321 g/mol. The predicted octanol–water partition coefficient (Wildman–Crippen LogP) is 2.79. The average Bonchev–Trinajstić information content (AvgIpc) is 3.05. The third kappa shape index (κ3) is 3.78. The lowest BCUT2D eigenvalue weighted by molar-refractivity contribution is -0.119. The Bertz CT molecular complexity index is 767. The highest BCUT2D eigenvalue weighted by Gasteiger charge is 2.18. The predicted molar refractivity (Wildman–Crippen MR) is 91.6 cm³/mol. The van der Waals surface area contributed by atoms with Crippen LogP contribution in [0.15, 0.2) is 66.7 Å². The van der Waals surface area contributed by atoms with Crippen molar-refractivity contribution in [2.45, 2.75) is 25.0 Å². The number of carbonyl (C=O) groups excluding carboxylic acids is 2. The van der Waals surface area contributed by atoms with Crippen LogP contribution in [-0.2, 0) is 4.79 Å². The fraction of sp³-hybridized carbons (Fsp3) is 0.200. The van der Waals surface area contributed by atoms with Gasteiger partial charge in [0.05, 0.1) is 6.10 Å². The van der Waals surface area contributed by atoms with Crippen LogP contribution in [0, 0.1) is 0 Å². The van der Waals surface area contributed by atoms with Gasteiger partial charge in [0.1, 0.15) is 0 Å². The molecule has 1 aliphatic rings. The van der Waals surface area contributed by atoms with Gasteiger partial charge in [-0.05, 0) is 18.1 Å². The molecule has 0 spiro atoms. The summed E-state index contributed by atoms with van der Waals surface area (Å²) in [6.45, 7) is 0. The third-order valence-electron chi connectivity index (χ3n) is 4.08. The van der Waals surface area contributed by atoms with Gasteiger partial charge in [0.2, 0.25) is 5.91 Å². The monoisotopic (exact) mass is 321 g/mol. The topological polar surface area (TPSA) is 66.4 Å². The number of ketones is 1. The minimum atomic E-state index is -0.814. The SMILES string of the molecule is O=C1CC[C@H](/C=C/C(O)c2cccc(C(=O)c3ccccc3)c2)N1. The van der Waals surface area contributed by atoms with Gasteiger partial charge in [-0.3, -0.25) is 9.59 Å². The van der Waals surface area contributed by atoms with Crippen molar-refractivity contribution in [1.82, 2.24) is 5.32 Å². The standard InChI is InChI=1S/C20H19NO3/c22-18(11-9-17-10-12-19(23)21-17)15-7-4-8-16(13-15)20(24)14-5-2-1-3-6-14/h1-9,11,13,17-18,22H,10,12H2,(H,21,23)/b11-9+/t17-,18?/m0/s1. The third-order valence-corrected chi connectivity index (χ3v) is 4.08. The number of carbonyl (C=O) groups is 2. The largest absolute Gasteiger partial charge is 0.384 e. The van der Waals surface area contributed by atoms with E-state index in [4.69, 9.17) is 0 Å². The van der Waals surface area contributed by atoms with Crippen LogP contribution in [0.4, 0.5) is 0 Å². The lowest BCUT2D eigenvalue weighted by Gasteiger charge is -2.10. The van der Waals surface area contributed by atoms with Gasteiger partial charge in [-0.15, -0.1) is 0 Å². The summed E-state index contributed by atoms with van der Waals surface area (Å²) in [4.78, 5) is 23.7. The Hall–Kier alpha value is -2.72. The first-order chi connectivity index (χ1) is 11.6. The lowest BCUT2D eigenvalue weighted by Crippen LogP contribution is -2.23. The van der Waals surface area contributed by atoms with Crippen molar-refractivity contribution in [2.24, 2.45) is 0 Å². The van der Waals surface area contributed by atoms with Crippen LogP contribution in [0.5, 0.6) is 0 Å². The Labute approximate surface area is 140 Å². The second-order valence-corrected chi connectivity index (χ2v) is 5.86. The molecule has 4 nitrogen and oxygen atoms in total. The molecule has 0 aliphatic carbocycles. The van der Waals surface area contributed by atoms with Crippen LogP contribution in [0.25, 0.3) is 0 Å². The van der Waals surface area contributed by atoms with Crippen molar-refractivity contribution in [1.29, 1.82) is 0 Å². The summed E-state index contributed by atoms with van der Waals surface area (Å²) in [7, 11) is 0. The molecule has 1 heterocycles. The van der Waals surface area contributed by atoms with E-state index >= 15 is 0 Å². The van der Waals surface area contributed by atoms with Gasteiger partial charge in [-0.1, -0.05) is 60.7 Å². The van der Waals surface area contributed by atoms with Crippen LogP contribution in [0.3, 0.4) is 0 Å². The van der Waals surface area contributed by atoms with Crippen molar-refractivity contribution < 1.29 is 14.7 Å². The molecule has 1 amide bonds. The molecule has 0 aromatic heterocycles. The van der Waals surface area contributed by atoms with E-state index in [0.717, 1.165) is 6.42 Å². The van der Waals surface area contributed by atoms with Crippen LogP contribution in [0.1, 0.15) is 40.4 Å². The normalized spacial score (nSPS) is 18.5. The van der Waals surface area contributed by atoms with Gasteiger partial charge < -0.3 is 10.4 Å². The second kappa shape index (κ2) is 7.23. The Morgan fingerprint density at radius 2 is 1.88 bits per heavy atom. The van der Waals surface area contributed by atoms with Crippen molar-refractivity contribution >= 4 is 11.7 Å². The molecule has 2 N–H and O–H groups in total. The highest BCUT2D eigenvalue weighted by molar-refractivity contribution is 6.09. The fourth-order valence-electron chi connectivity index (χ4n) is 2.75. The summed E-state index contributed by atoms with van der Waals surface area (Å²) in [6, 6.07) is 16.0. The lowest BCUT2D eigenvalue weighted by atomic mass is 9.99. The number of nitrogens with one attached hydrogen (secondary N) is 1. The molecule has 2 atom stereocenters. The molecule has 2 aromatic rings. The summed E-state index contributed by atoms with van der Waals surface area (Å²) >= 11 is 0. The maximum Gasteiger partial charge on any atom is 0.220 e. The number of aliphatic hydroxyl groups is 1. The molecular formula is C20H19NO3. The first-order valence-corrected chi connectivity index (χ1v) is 7.99. The molecule has 0 saturated carbocycles. The van der Waals surface area contributed by atoms with Crippen LogP contribution >= 0.6 is 0 Å². The summed E-state index contributed by atoms with van der Waals surface area (Å²) in [5, 5.41) is 13.1. The molecule has 1 unspecified atom stereocenters. The van der Waals surface area contributed by atoms with Gasteiger partial charge in [-0.2, -0.15) is 0 Å². The molecule has 24 heavy (non-hydrogen) atoms. The molecule has 1 aliphatic heterocycles. The Kier molecular flexibility index (Phi) is 4.87. The number of amides is 1. The van der Waals surface area contributed by atoms with E-state index < -0.39 is 6.10 Å². The van der Waals surface area contributed by atoms with Gasteiger partial charge in [0.15, 0.2) is 5.78 Å². The Balaban J connectivity index is 1.74. The number of aliphatic hydroxyl groups excluding tert-OH is 1. The summed E-state index contributed by atoms with van der Waals surface area (Å²) in [6.07, 6.45) is 3.91. The van der Waals surface area contributed by atoms with E-state index in [9.17, 15) is 14.7 Å². The maximum atomic E-state index is 12.5. The van der Waals surface area contributed by atoms with Crippen molar-refractivity contribution in [2.75, 3.05) is 0 Å². The highest BCUT2D eigenvalue weighted by atomic mass is 16.3. The first kappa shape index (κ1) is 16.1. The molecule has 2 aromatic carbocycles. The zero-order valence-electron chi connectivity index (χ0n) is 13.2. The summed E-state index contributed by atoms with van der Waals surface area (Å²) in [5.74, 6) is -0.0359. The summed E-state index contributed by atoms with van der Waals surface area (Å²) in [5.41, 5.74) is 1.81. The smallest absolute Gasteiger partial charge is 0.220 e. The quantitative estimate of drug-likeness (QED) is 0.657. The molecule has 3 rings (SSSR count). The zero-order valence-corrected chi connectivity index (χ0v) is 13.2. The van der Waals surface area contributed by atoms with Gasteiger partial charge >= 0.3 is 0 Å². The number of benzene rings is 2. The summed E-state index contributed by atoms with van der Waals surface area (Å²) < 4.78 is 0. The van der Waals surface area contributed by atoms with Crippen LogP contribution < -0.4 is 5.32 Å². The minimum absolute atomic E-state index is 0.0266. The number of hydrogen-bond donors (Lipinski definition) is 2. The van der Waals surface area contributed by atoms with Crippen molar-refractivity contribution in [3.05, 3.63) is 83.4 Å². The first-order valence-electron chi connectivity index (χ1n) is 7.99. The highest BCUT2D eigenvalue weighted by Crippen LogP contribution is 2.19. The van der Waals surface area contributed by atoms with Crippen LogP contribution in [0.2, 0.25) is 0 Å². The fourth-order valence-corrected chi connectivity index (χ4v) is 2.75. The maximum absolute atomic E-state index is 12.5. The van der Waals surface area contributed by atoms with E-state index in [2.05, 4.69) is 5.32 Å². The van der Waals surface area contributed by atoms with Gasteiger partial charge in [0.25, 0.3) is 0 Å². The van der Waals surface area contributed by atoms with Crippen LogP contribution in [-0.4, -0.2) is 22.8 Å². The van der Waals surface area contributed by atoms with E-state index in [0.29, 0.717) is 23.1 Å². The Morgan fingerprint density at radius 1 is 1.12 bits per heavy atom. The van der Waals surface area contributed by atoms with E-state index in [1.807, 2.05) is 18.2 Å². The van der Waals surface area contributed by atoms with E-state index in [1.165, 1.54) is 0 Å². The molecule has 1 saturated heterocycles. The van der Waals surface area contributed by atoms with Crippen molar-refractivity contribution in [3.8, 4) is 0 Å². The molecule has 4 heteroatoms. The number of hydrogen-bond acceptors (Lipinski definition) is 3. The molecule has 0 radical (unpaired) electrons. The van der Waals surface area contributed by atoms with Gasteiger partial charge in [0, 0.05) is 23.6 Å². The Morgan fingerprint density at radius 3 is 2.58 bits per heavy atom.